The molecule has 0 atom stereocenters. The minimum atomic E-state index is 0.746. The molecule has 2 rings (SSSR count). The molecule has 0 spiro atoms. The molecule has 0 amide bonds. The van der Waals surface area contributed by atoms with E-state index >= 15 is 0 Å². The first-order valence-electron chi connectivity index (χ1n) is 6.46. The Labute approximate surface area is 124 Å². The molecule has 0 aliphatic rings. The summed E-state index contributed by atoms with van der Waals surface area (Å²) in [6.07, 6.45) is 1.12. The highest BCUT2D eigenvalue weighted by Gasteiger charge is 2.06. The van der Waals surface area contributed by atoms with Crippen molar-refractivity contribution in [1.82, 2.24) is 5.32 Å². The van der Waals surface area contributed by atoms with Crippen LogP contribution in [0.15, 0.2) is 42.5 Å². The molecule has 0 unspecified atom stereocenters. The summed E-state index contributed by atoms with van der Waals surface area (Å²) in [6.45, 7) is 3.95. The number of nitrogens with one attached hydrogen (secondary N) is 1. The molecule has 2 aromatic rings. The van der Waals surface area contributed by atoms with Crippen molar-refractivity contribution in [3.8, 4) is 11.1 Å². The molecular weight excluding hydrogens is 277 g/mol. The zero-order chi connectivity index (χ0) is 13.7. The second-order valence-corrected chi connectivity index (χ2v) is 5.28. The molecule has 0 saturated heterocycles. The molecule has 0 heterocycles. The standard InChI is InChI=1S/C16H17Cl2N/c1-2-9-19-11-13-8-7-12(10-16(13)18)14-5-3-4-6-15(14)17/h3-8,10,19H,2,9,11H2,1H3. The summed E-state index contributed by atoms with van der Waals surface area (Å²) in [7, 11) is 0. The van der Waals surface area contributed by atoms with Gasteiger partial charge in [0.05, 0.1) is 0 Å². The van der Waals surface area contributed by atoms with Crippen LogP contribution < -0.4 is 5.32 Å². The van der Waals surface area contributed by atoms with Crippen LogP contribution in [0.4, 0.5) is 0 Å². The van der Waals surface area contributed by atoms with Gasteiger partial charge in [0.1, 0.15) is 0 Å². The Bertz CT molecular complexity index is 552. The van der Waals surface area contributed by atoms with Gasteiger partial charge in [-0.25, -0.2) is 0 Å². The summed E-state index contributed by atoms with van der Waals surface area (Å²) in [5.74, 6) is 0. The number of benzene rings is 2. The molecule has 0 aromatic heterocycles. The molecule has 0 bridgehead atoms. The van der Waals surface area contributed by atoms with Gasteiger partial charge in [0.15, 0.2) is 0 Å². The summed E-state index contributed by atoms with van der Waals surface area (Å²) in [6, 6.07) is 13.9. The highest BCUT2D eigenvalue weighted by Crippen LogP contribution is 2.30. The Morgan fingerprint density at radius 1 is 1.00 bits per heavy atom. The van der Waals surface area contributed by atoms with E-state index in [1.807, 2.05) is 30.3 Å². The van der Waals surface area contributed by atoms with Crippen molar-refractivity contribution in [2.45, 2.75) is 19.9 Å². The predicted octanol–water partition coefficient (Wildman–Crippen LogP) is 5.16. The van der Waals surface area contributed by atoms with E-state index in [-0.39, 0.29) is 0 Å². The van der Waals surface area contributed by atoms with Crippen LogP contribution >= 0.6 is 23.2 Å². The lowest BCUT2D eigenvalue weighted by atomic mass is 10.0. The molecular formula is C16H17Cl2N. The van der Waals surface area contributed by atoms with Gasteiger partial charge in [-0.15, -0.1) is 0 Å². The molecule has 100 valence electrons. The largest absolute Gasteiger partial charge is 0.313 e. The summed E-state index contributed by atoms with van der Waals surface area (Å²) in [5, 5.41) is 4.88. The third kappa shape index (κ3) is 3.73. The van der Waals surface area contributed by atoms with Crippen molar-refractivity contribution >= 4 is 23.2 Å². The monoisotopic (exact) mass is 293 g/mol. The van der Waals surface area contributed by atoms with E-state index in [0.29, 0.717) is 0 Å². The Hall–Kier alpha value is -1.02. The topological polar surface area (TPSA) is 12.0 Å². The van der Waals surface area contributed by atoms with E-state index in [0.717, 1.165) is 46.2 Å². The molecule has 0 aliphatic heterocycles. The first-order valence-corrected chi connectivity index (χ1v) is 7.22. The van der Waals surface area contributed by atoms with Gasteiger partial charge in [0, 0.05) is 22.2 Å². The van der Waals surface area contributed by atoms with Crippen LogP contribution in [-0.4, -0.2) is 6.54 Å². The van der Waals surface area contributed by atoms with E-state index in [9.17, 15) is 0 Å². The van der Waals surface area contributed by atoms with Crippen LogP contribution in [0.2, 0.25) is 10.0 Å². The Morgan fingerprint density at radius 2 is 1.79 bits per heavy atom. The zero-order valence-corrected chi connectivity index (χ0v) is 12.4. The van der Waals surface area contributed by atoms with Crippen molar-refractivity contribution in [2.75, 3.05) is 6.54 Å². The molecule has 2 aromatic carbocycles. The van der Waals surface area contributed by atoms with E-state index in [1.54, 1.807) is 0 Å². The third-order valence-corrected chi connectivity index (χ3v) is 3.66. The van der Waals surface area contributed by atoms with E-state index in [2.05, 4.69) is 24.4 Å². The molecule has 19 heavy (non-hydrogen) atoms. The summed E-state index contributed by atoms with van der Waals surface area (Å²) >= 11 is 12.5. The van der Waals surface area contributed by atoms with Gasteiger partial charge in [-0.1, -0.05) is 60.5 Å². The molecule has 1 N–H and O–H groups in total. The van der Waals surface area contributed by atoms with E-state index < -0.39 is 0 Å². The summed E-state index contributed by atoms with van der Waals surface area (Å²) in [5.41, 5.74) is 3.18. The van der Waals surface area contributed by atoms with E-state index in [4.69, 9.17) is 23.2 Å². The van der Waals surface area contributed by atoms with Crippen molar-refractivity contribution < 1.29 is 0 Å². The normalized spacial score (nSPS) is 10.7. The smallest absolute Gasteiger partial charge is 0.0484 e. The van der Waals surface area contributed by atoms with Gasteiger partial charge in [-0.05, 0) is 36.2 Å². The first kappa shape index (κ1) is 14.4. The molecule has 3 heteroatoms. The highest BCUT2D eigenvalue weighted by atomic mass is 35.5. The quantitative estimate of drug-likeness (QED) is 0.751. The maximum Gasteiger partial charge on any atom is 0.0484 e. The minimum Gasteiger partial charge on any atom is -0.313 e. The van der Waals surface area contributed by atoms with Crippen molar-refractivity contribution in [3.05, 3.63) is 58.1 Å². The van der Waals surface area contributed by atoms with Gasteiger partial charge >= 0.3 is 0 Å². The average Bonchev–Trinajstić information content (AvgIpc) is 2.41. The fraction of sp³-hybridized carbons (Fsp3) is 0.250. The lowest BCUT2D eigenvalue weighted by molar-refractivity contribution is 0.675. The van der Waals surface area contributed by atoms with Gasteiger partial charge in [-0.3, -0.25) is 0 Å². The average molecular weight is 294 g/mol. The van der Waals surface area contributed by atoms with Crippen molar-refractivity contribution in [2.24, 2.45) is 0 Å². The minimum absolute atomic E-state index is 0.746. The Morgan fingerprint density at radius 3 is 2.47 bits per heavy atom. The van der Waals surface area contributed by atoms with Crippen molar-refractivity contribution in [1.29, 1.82) is 0 Å². The second-order valence-electron chi connectivity index (χ2n) is 4.46. The Kier molecular flexibility index (Phi) is 5.26. The van der Waals surface area contributed by atoms with Gasteiger partial charge < -0.3 is 5.32 Å². The van der Waals surface area contributed by atoms with Gasteiger partial charge in [0.25, 0.3) is 0 Å². The van der Waals surface area contributed by atoms with Crippen LogP contribution in [0, 0.1) is 0 Å². The fourth-order valence-corrected chi connectivity index (χ4v) is 2.45. The van der Waals surface area contributed by atoms with Crippen LogP contribution in [0.3, 0.4) is 0 Å². The SMILES string of the molecule is CCCNCc1ccc(-c2ccccc2Cl)cc1Cl. The predicted molar refractivity (Wildman–Crippen MR) is 83.9 cm³/mol. The lowest BCUT2D eigenvalue weighted by Gasteiger charge is -2.09. The highest BCUT2D eigenvalue weighted by molar-refractivity contribution is 6.34. The molecule has 0 radical (unpaired) electrons. The Balaban J connectivity index is 2.21. The lowest BCUT2D eigenvalue weighted by Crippen LogP contribution is -2.13. The second kappa shape index (κ2) is 6.95. The summed E-state index contributed by atoms with van der Waals surface area (Å²) < 4.78 is 0. The first-order chi connectivity index (χ1) is 9.22. The number of hydrogen-bond donors (Lipinski definition) is 1. The number of rotatable bonds is 5. The zero-order valence-electron chi connectivity index (χ0n) is 10.9. The van der Waals surface area contributed by atoms with Gasteiger partial charge in [-0.2, -0.15) is 0 Å². The molecule has 0 fully saturated rings. The van der Waals surface area contributed by atoms with Crippen molar-refractivity contribution in [3.63, 3.8) is 0 Å². The summed E-state index contributed by atoms with van der Waals surface area (Å²) in [4.78, 5) is 0. The maximum atomic E-state index is 6.33. The number of halogens is 2. The maximum absolute atomic E-state index is 6.33. The molecule has 0 aliphatic carbocycles. The number of hydrogen-bond acceptors (Lipinski definition) is 1. The van der Waals surface area contributed by atoms with Gasteiger partial charge in [0.2, 0.25) is 0 Å². The van der Waals surface area contributed by atoms with Crippen LogP contribution in [0.5, 0.6) is 0 Å². The van der Waals surface area contributed by atoms with E-state index in [1.165, 1.54) is 0 Å². The van der Waals surface area contributed by atoms with Crippen LogP contribution in [0.1, 0.15) is 18.9 Å². The third-order valence-electron chi connectivity index (χ3n) is 2.98. The van der Waals surface area contributed by atoms with Crippen LogP contribution in [0.25, 0.3) is 11.1 Å². The fourth-order valence-electron chi connectivity index (χ4n) is 1.95. The molecule has 1 nitrogen and oxygen atoms in total. The molecule has 0 saturated carbocycles. The van der Waals surface area contributed by atoms with Crippen LogP contribution in [-0.2, 0) is 6.54 Å².